The van der Waals surface area contributed by atoms with Crippen LogP contribution in [0.2, 0.25) is 0 Å². The summed E-state index contributed by atoms with van der Waals surface area (Å²) in [7, 11) is 0.893. The van der Waals surface area contributed by atoms with E-state index in [2.05, 4.69) is 15.1 Å². The monoisotopic (exact) mass is 673 g/mol. The van der Waals surface area contributed by atoms with Crippen LogP contribution in [-0.2, 0) is 15.8 Å². The molecule has 0 saturated carbocycles. The number of ether oxygens (including phenoxy) is 1. The number of fused-ring (bicyclic) bond motifs is 1. The first kappa shape index (κ1) is 34.2. The van der Waals surface area contributed by atoms with Crippen LogP contribution in [0.25, 0.3) is 16.8 Å². The van der Waals surface area contributed by atoms with Crippen LogP contribution in [0.4, 0.5) is 49.7 Å². The smallest absolute Gasteiger partial charge is 0.471 e. The molecule has 0 aromatic carbocycles. The molecule has 0 spiro atoms. The standard InChI is InChI=1S/C25H21F10N7O4/c1-22(2,25(33,34)35)20(44)40-7-13(26)15(8-40)41(21(45)24(30,31)32)19(43)11-4-10(6-37-18(11)46-3)14-5-12(23(27,28)29)16-17(36)38-9-39-42(14)16/h4-6,9,13,15H,7-8H2,1-3H3,(H2,36,38,39)/t13-,15+/m0/s1. The van der Waals surface area contributed by atoms with Gasteiger partial charge in [-0.3, -0.25) is 19.3 Å². The Morgan fingerprint density at radius 2 is 1.63 bits per heavy atom. The van der Waals surface area contributed by atoms with Crippen LogP contribution in [-0.4, -0.2) is 91.9 Å². The summed E-state index contributed by atoms with van der Waals surface area (Å²) < 4.78 is 144. The molecular formula is C25H21F10N7O4. The maximum atomic E-state index is 15.2. The van der Waals surface area contributed by atoms with Gasteiger partial charge in [0, 0.05) is 18.3 Å². The molecule has 4 rings (SSSR count). The van der Waals surface area contributed by atoms with E-state index in [1.807, 2.05) is 0 Å². The number of pyridine rings is 1. The van der Waals surface area contributed by atoms with Crippen molar-refractivity contribution < 1.29 is 63.0 Å². The van der Waals surface area contributed by atoms with Crippen molar-refractivity contribution in [2.45, 2.75) is 44.6 Å². The normalized spacial score (nSPS) is 17.8. The van der Waals surface area contributed by atoms with E-state index in [4.69, 9.17) is 10.5 Å². The minimum atomic E-state index is -5.84. The summed E-state index contributed by atoms with van der Waals surface area (Å²) in [4.78, 5) is 45.7. The van der Waals surface area contributed by atoms with E-state index in [-0.39, 0.29) is 4.90 Å². The number of halogens is 10. The lowest BCUT2D eigenvalue weighted by atomic mass is 9.91. The van der Waals surface area contributed by atoms with Gasteiger partial charge in [-0.15, -0.1) is 0 Å². The Kier molecular flexibility index (Phi) is 8.36. The van der Waals surface area contributed by atoms with Crippen LogP contribution in [0.3, 0.4) is 0 Å². The zero-order valence-corrected chi connectivity index (χ0v) is 23.6. The van der Waals surface area contributed by atoms with Gasteiger partial charge in [0.1, 0.15) is 29.0 Å². The zero-order chi connectivity index (χ0) is 34.7. The number of nitrogens with two attached hydrogens (primary N) is 1. The summed E-state index contributed by atoms with van der Waals surface area (Å²) >= 11 is 0. The van der Waals surface area contributed by atoms with Gasteiger partial charge in [-0.2, -0.15) is 44.6 Å². The number of aromatic nitrogens is 4. The topological polar surface area (TPSA) is 136 Å². The molecule has 1 fully saturated rings. The van der Waals surface area contributed by atoms with Gasteiger partial charge in [-0.1, -0.05) is 0 Å². The Balaban J connectivity index is 1.84. The van der Waals surface area contributed by atoms with Crippen molar-refractivity contribution >= 4 is 29.1 Å². The third-order valence-electron chi connectivity index (χ3n) is 7.22. The van der Waals surface area contributed by atoms with Crippen molar-refractivity contribution in [2.24, 2.45) is 5.41 Å². The molecule has 0 aliphatic carbocycles. The molecule has 4 heterocycles. The third-order valence-corrected chi connectivity index (χ3v) is 7.22. The summed E-state index contributed by atoms with van der Waals surface area (Å²) in [6, 6.07) is -1.23. The summed E-state index contributed by atoms with van der Waals surface area (Å²) in [5, 5.41) is 3.70. The molecule has 0 radical (unpaired) electrons. The third kappa shape index (κ3) is 5.84. The number of amides is 3. The average Bonchev–Trinajstić information content (AvgIpc) is 3.53. The second-order valence-electron chi connectivity index (χ2n) is 10.5. The molecule has 21 heteroatoms. The number of likely N-dealkylation sites (tertiary alicyclic amines) is 1. The number of hydrogen-bond acceptors (Lipinski definition) is 8. The summed E-state index contributed by atoms with van der Waals surface area (Å²) in [6.07, 6.45) is -17.0. The highest BCUT2D eigenvalue weighted by Crippen LogP contribution is 2.41. The van der Waals surface area contributed by atoms with Gasteiger partial charge in [0.2, 0.25) is 11.8 Å². The largest absolute Gasteiger partial charge is 0.480 e. The molecule has 3 aromatic heterocycles. The highest BCUT2D eigenvalue weighted by molar-refractivity contribution is 6.08. The van der Waals surface area contributed by atoms with Crippen LogP contribution < -0.4 is 10.5 Å². The molecule has 46 heavy (non-hydrogen) atoms. The van der Waals surface area contributed by atoms with E-state index in [0.29, 0.717) is 30.5 Å². The van der Waals surface area contributed by atoms with Crippen molar-refractivity contribution in [3.8, 4) is 17.1 Å². The Morgan fingerprint density at radius 1 is 1.00 bits per heavy atom. The molecule has 11 nitrogen and oxygen atoms in total. The van der Waals surface area contributed by atoms with Gasteiger partial charge in [-0.25, -0.2) is 18.9 Å². The van der Waals surface area contributed by atoms with Crippen molar-refractivity contribution in [3.05, 3.63) is 35.8 Å². The number of rotatable bonds is 5. The second-order valence-corrected chi connectivity index (χ2v) is 10.5. The second kappa shape index (κ2) is 11.3. The predicted molar refractivity (Wildman–Crippen MR) is 135 cm³/mol. The number of hydrogen-bond donors (Lipinski definition) is 1. The van der Waals surface area contributed by atoms with Gasteiger partial charge < -0.3 is 15.4 Å². The van der Waals surface area contributed by atoms with Gasteiger partial charge in [0.15, 0.2) is 5.82 Å². The Hall–Kier alpha value is -4.72. The molecule has 0 unspecified atom stereocenters. The Labute approximate surface area is 250 Å². The van der Waals surface area contributed by atoms with E-state index in [9.17, 15) is 53.9 Å². The number of nitrogen functional groups attached to an aromatic ring is 1. The van der Waals surface area contributed by atoms with Crippen molar-refractivity contribution in [2.75, 3.05) is 25.9 Å². The molecule has 1 aliphatic rings. The predicted octanol–water partition coefficient (Wildman–Crippen LogP) is 4.07. The number of carbonyl (C=O) groups excluding carboxylic acids is 3. The van der Waals surface area contributed by atoms with Crippen molar-refractivity contribution in [1.82, 2.24) is 29.4 Å². The van der Waals surface area contributed by atoms with E-state index >= 15 is 4.39 Å². The maximum Gasteiger partial charge on any atom is 0.471 e. The first-order chi connectivity index (χ1) is 21.0. The Bertz CT molecular complexity index is 1700. The fourth-order valence-corrected chi connectivity index (χ4v) is 4.73. The van der Waals surface area contributed by atoms with Crippen molar-refractivity contribution in [1.29, 1.82) is 0 Å². The molecular weight excluding hydrogens is 652 g/mol. The molecule has 2 N–H and O–H groups in total. The fourth-order valence-electron chi connectivity index (χ4n) is 4.73. The molecule has 1 aliphatic heterocycles. The molecule has 0 bridgehead atoms. The minimum absolute atomic E-state index is 0.230. The lowest BCUT2D eigenvalue weighted by Gasteiger charge is -2.32. The first-order valence-corrected chi connectivity index (χ1v) is 12.7. The molecule has 3 amide bonds. The van der Waals surface area contributed by atoms with Gasteiger partial charge in [0.25, 0.3) is 5.91 Å². The van der Waals surface area contributed by atoms with Crippen LogP contribution in [0.15, 0.2) is 24.7 Å². The first-order valence-electron chi connectivity index (χ1n) is 12.7. The fraction of sp³-hybridized carbons (Fsp3) is 0.440. The average molecular weight is 673 g/mol. The van der Waals surface area contributed by atoms with Gasteiger partial charge in [-0.05, 0) is 26.0 Å². The van der Waals surface area contributed by atoms with E-state index < -0.39 is 111 Å². The molecule has 250 valence electrons. The number of nitrogens with zero attached hydrogens (tertiary/aromatic N) is 6. The number of anilines is 1. The van der Waals surface area contributed by atoms with Crippen LogP contribution >= 0.6 is 0 Å². The zero-order valence-electron chi connectivity index (χ0n) is 23.6. The van der Waals surface area contributed by atoms with E-state index in [1.165, 1.54) is 0 Å². The maximum absolute atomic E-state index is 15.2. The van der Waals surface area contributed by atoms with Crippen molar-refractivity contribution in [3.63, 3.8) is 0 Å². The lowest BCUT2D eigenvalue weighted by Crippen LogP contribution is -2.54. The minimum Gasteiger partial charge on any atom is -0.480 e. The highest BCUT2D eigenvalue weighted by Gasteiger charge is 2.58. The summed E-state index contributed by atoms with van der Waals surface area (Å²) in [5.41, 5.74) is -1.41. The molecule has 1 saturated heterocycles. The van der Waals surface area contributed by atoms with Gasteiger partial charge >= 0.3 is 24.4 Å². The number of imide groups is 1. The number of methoxy groups -OCH3 is 1. The van der Waals surface area contributed by atoms with E-state index in [0.717, 1.165) is 19.6 Å². The molecule has 2 atom stereocenters. The Morgan fingerprint density at radius 3 is 2.17 bits per heavy atom. The van der Waals surface area contributed by atoms with Crippen LogP contribution in [0.5, 0.6) is 5.88 Å². The summed E-state index contributed by atoms with van der Waals surface area (Å²) in [6.45, 7) is -1.55. The molecule has 3 aromatic rings. The SMILES string of the molecule is COc1ncc(-c2cc(C(F)(F)F)c3c(N)ncnn23)cc1C(=O)N(C(=O)C(F)(F)F)[C@@H]1CN(C(=O)C(C)(C)C(F)(F)F)C[C@@H]1F. The van der Waals surface area contributed by atoms with E-state index in [1.54, 1.807) is 0 Å². The van der Waals surface area contributed by atoms with Crippen LogP contribution in [0, 0.1) is 5.41 Å². The van der Waals surface area contributed by atoms with Crippen LogP contribution in [0.1, 0.15) is 29.8 Å². The number of alkyl halides is 10. The summed E-state index contributed by atoms with van der Waals surface area (Å²) in [5.74, 6) is -8.00. The van der Waals surface area contributed by atoms with Gasteiger partial charge in [0.05, 0.1) is 31.0 Å². The highest BCUT2D eigenvalue weighted by atomic mass is 19.4. The quantitative estimate of drug-likeness (QED) is 0.401. The number of carbonyl (C=O) groups is 3. The lowest BCUT2D eigenvalue weighted by molar-refractivity contribution is -0.217.